The van der Waals surface area contributed by atoms with Crippen LogP contribution in [0.5, 0.6) is 5.75 Å². The highest BCUT2D eigenvalue weighted by Gasteiger charge is 2.22. The number of rotatable bonds is 10. The summed E-state index contributed by atoms with van der Waals surface area (Å²) in [6.45, 7) is 6.59. The Bertz CT molecular complexity index is 812. The lowest BCUT2D eigenvalue weighted by Gasteiger charge is -2.24. The van der Waals surface area contributed by atoms with Crippen molar-refractivity contribution in [2.45, 2.75) is 51.9 Å². The van der Waals surface area contributed by atoms with Crippen molar-refractivity contribution in [3.8, 4) is 5.75 Å². The van der Waals surface area contributed by atoms with Gasteiger partial charge >= 0.3 is 0 Å². The van der Waals surface area contributed by atoms with Crippen LogP contribution < -0.4 is 9.64 Å². The number of fused-ring (bicyclic) bond motifs is 1. The zero-order chi connectivity index (χ0) is 19.9. The summed E-state index contributed by atoms with van der Waals surface area (Å²) in [6, 6.07) is 6.29. The average Bonchev–Trinajstić information content (AvgIpc) is 3.09. The molecule has 28 heavy (non-hydrogen) atoms. The molecule has 0 unspecified atom stereocenters. The monoisotopic (exact) mass is 401 g/mol. The molecule has 3 rings (SSSR count). The molecule has 0 spiro atoms. The molecular weight excluding hydrogens is 374 g/mol. The third-order valence-corrected chi connectivity index (χ3v) is 5.43. The van der Waals surface area contributed by atoms with Crippen molar-refractivity contribution in [1.82, 2.24) is 9.97 Å². The Hall–Kier alpha value is -2.14. The van der Waals surface area contributed by atoms with Crippen molar-refractivity contribution >= 4 is 23.7 Å². The van der Waals surface area contributed by atoms with E-state index in [9.17, 15) is 4.79 Å². The van der Waals surface area contributed by atoms with Crippen LogP contribution in [0.2, 0.25) is 5.28 Å². The molecule has 0 N–H and O–H groups in total. The van der Waals surface area contributed by atoms with Crippen molar-refractivity contribution in [2.24, 2.45) is 0 Å². The molecule has 1 heterocycles. The van der Waals surface area contributed by atoms with Gasteiger partial charge in [0.1, 0.15) is 17.9 Å². The fourth-order valence-electron chi connectivity index (χ4n) is 3.90. The average molecular weight is 402 g/mol. The molecule has 1 aliphatic carbocycles. The largest absolute Gasteiger partial charge is 0.494 e. The second-order valence-electron chi connectivity index (χ2n) is 7.33. The number of aromatic nitrogens is 2. The van der Waals surface area contributed by atoms with Crippen LogP contribution in [0.15, 0.2) is 24.4 Å². The lowest BCUT2D eigenvalue weighted by atomic mass is 9.99. The maximum atomic E-state index is 10.8. The number of carbonyl (C=O) groups excluding carboxylic acids is 1. The maximum absolute atomic E-state index is 10.8. The Morgan fingerprint density at radius 1 is 1.36 bits per heavy atom. The molecule has 0 amide bonds. The first kappa shape index (κ1) is 20.6. The summed E-state index contributed by atoms with van der Waals surface area (Å²) in [5, 5.41) is 0.281. The Morgan fingerprint density at radius 2 is 2.21 bits per heavy atom. The van der Waals surface area contributed by atoms with E-state index in [-0.39, 0.29) is 5.28 Å². The van der Waals surface area contributed by atoms with Crippen LogP contribution >= 0.6 is 11.6 Å². The van der Waals surface area contributed by atoms with Gasteiger partial charge in [-0.1, -0.05) is 13.0 Å². The van der Waals surface area contributed by atoms with E-state index in [0.29, 0.717) is 18.9 Å². The molecule has 150 valence electrons. The van der Waals surface area contributed by atoms with Crippen molar-refractivity contribution in [3.05, 3.63) is 46.4 Å². The first-order chi connectivity index (χ1) is 13.6. The molecule has 2 aromatic rings. The summed E-state index contributed by atoms with van der Waals surface area (Å²) in [6.07, 6.45) is 7.44. The molecular formula is C22H28ClN3O2. The number of hydrogen-bond donors (Lipinski definition) is 0. The first-order valence-electron chi connectivity index (χ1n) is 10.1. The second kappa shape index (κ2) is 9.87. The Kier molecular flexibility index (Phi) is 7.26. The van der Waals surface area contributed by atoms with Crippen LogP contribution in [0.4, 0.5) is 5.82 Å². The molecule has 0 aliphatic heterocycles. The van der Waals surface area contributed by atoms with Gasteiger partial charge in [0, 0.05) is 31.3 Å². The van der Waals surface area contributed by atoms with Crippen molar-refractivity contribution in [1.29, 1.82) is 0 Å². The number of halogens is 1. The van der Waals surface area contributed by atoms with E-state index in [0.717, 1.165) is 62.2 Å². The van der Waals surface area contributed by atoms with Gasteiger partial charge in [0.05, 0.1) is 6.61 Å². The molecule has 0 bridgehead atoms. The molecule has 1 aromatic carbocycles. The lowest BCUT2D eigenvalue weighted by Crippen LogP contribution is -2.28. The van der Waals surface area contributed by atoms with Gasteiger partial charge < -0.3 is 14.4 Å². The van der Waals surface area contributed by atoms with Gasteiger partial charge in [0.2, 0.25) is 5.28 Å². The summed E-state index contributed by atoms with van der Waals surface area (Å²) >= 11 is 5.99. The smallest absolute Gasteiger partial charge is 0.224 e. The van der Waals surface area contributed by atoms with Crippen LogP contribution in [0.3, 0.4) is 0 Å². The third-order valence-electron chi connectivity index (χ3n) is 5.25. The Morgan fingerprint density at radius 3 is 3.00 bits per heavy atom. The first-order valence-corrected chi connectivity index (χ1v) is 10.4. The van der Waals surface area contributed by atoms with Gasteiger partial charge in [-0.15, -0.1) is 0 Å². The number of aldehydes is 1. The van der Waals surface area contributed by atoms with Crippen LogP contribution in [0.1, 0.15) is 55.2 Å². The molecule has 6 heteroatoms. The van der Waals surface area contributed by atoms with Crippen LogP contribution in [-0.4, -0.2) is 36.0 Å². The normalized spacial score (nSPS) is 15.3. The van der Waals surface area contributed by atoms with Gasteiger partial charge in [0.25, 0.3) is 0 Å². The SMILES string of the molecule is CCCN(CCCOc1ccc2c(c1)CC[C@H]2CC=O)c1nc(Cl)ncc1C. The molecule has 5 nitrogen and oxygen atoms in total. The summed E-state index contributed by atoms with van der Waals surface area (Å²) in [4.78, 5) is 21.5. The molecule has 0 radical (unpaired) electrons. The van der Waals surface area contributed by atoms with Crippen LogP contribution in [-0.2, 0) is 11.2 Å². The lowest BCUT2D eigenvalue weighted by molar-refractivity contribution is -0.108. The zero-order valence-electron chi connectivity index (χ0n) is 16.7. The number of nitrogens with zero attached hydrogens (tertiary/aromatic N) is 3. The van der Waals surface area contributed by atoms with Gasteiger partial charge in [-0.2, -0.15) is 0 Å². The highest BCUT2D eigenvalue weighted by molar-refractivity contribution is 6.28. The fraction of sp³-hybridized carbons (Fsp3) is 0.500. The highest BCUT2D eigenvalue weighted by atomic mass is 35.5. The molecule has 1 atom stereocenters. The van der Waals surface area contributed by atoms with Gasteiger partial charge in [-0.3, -0.25) is 0 Å². The van der Waals surface area contributed by atoms with E-state index < -0.39 is 0 Å². The van der Waals surface area contributed by atoms with E-state index >= 15 is 0 Å². The van der Waals surface area contributed by atoms with E-state index in [4.69, 9.17) is 16.3 Å². The van der Waals surface area contributed by atoms with Crippen molar-refractivity contribution in [2.75, 3.05) is 24.6 Å². The van der Waals surface area contributed by atoms with Crippen LogP contribution in [0, 0.1) is 6.92 Å². The molecule has 1 aliphatic rings. The van der Waals surface area contributed by atoms with Gasteiger partial charge in [0.15, 0.2) is 0 Å². The predicted octanol–water partition coefficient (Wildman–Crippen LogP) is 4.74. The predicted molar refractivity (Wildman–Crippen MR) is 113 cm³/mol. The molecule has 0 saturated heterocycles. The van der Waals surface area contributed by atoms with E-state index in [1.54, 1.807) is 6.20 Å². The fourth-order valence-corrected chi connectivity index (χ4v) is 4.03. The summed E-state index contributed by atoms with van der Waals surface area (Å²) in [5.74, 6) is 2.20. The minimum Gasteiger partial charge on any atom is -0.494 e. The number of aryl methyl sites for hydroxylation is 2. The highest BCUT2D eigenvalue weighted by Crippen LogP contribution is 2.36. The van der Waals surface area contributed by atoms with Crippen LogP contribution in [0.25, 0.3) is 0 Å². The number of ether oxygens (including phenoxy) is 1. The number of anilines is 1. The summed E-state index contributed by atoms with van der Waals surface area (Å²) in [7, 11) is 0. The Balaban J connectivity index is 1.54. The van der Waals surface area contributed by atoms with Gasteiger partial charge in [-0.05, 0) is 73.4 Å². The zero-order valence-corrected chi connectivity index (χ0v) is 17.4. The van der Waals surface area contributed by atoms with E-state index in [1.165, 1.54) is 11.1 Å². The minimum atomic E-state index is 0.281. The second-order valence-corrected chi connectivity index (χ2v) is 7.67. The van der Waals surface area contributed by atoms with Crippen molar-refractivity contribution in [3.63, 3.8) is 0 Å². The number of benzene rings is 1. The van der Waals surface area contributed by atoms with E-state index in [1.807, 2.05) is 13.0 Å². The minimum absolute atomic E-state index is 0.281. The number of carbonyl (C=O) groups is 1. The maximum Gasteiger partial charge on any atom is 0.224 e. The van der Waals surface area contributed by atoms with Gasteiger partial charge in [-0.25, -0.2) is 9.97 Å². The third kappa shape index (κ3) is 5.02. The number of hydrogen-bond acceptors (Lipinski definition) is 5. The standard InChI is InChI=1S/C22H28ClN3O2/c1-3-10-26(21-16(2)15-24-22(23)25-21)11-4-13-28-19-7-8-20-17(9-12-27)5-6-18(20)14-19/h7-8,12,14-15,17H,3-6,9-11,13H2,1-2H3/t17-/m0/s1. The van der Waals surface area contributed by atoms with Crippen molar-refractivity contribution < 1.29 is 9.53 Å². The molecule has 0 fully saturated rings. The molecule has 1 aromatic heterocycles. The topological polar surface area (TPSA) is 55.3 Å². The van der Waals surface area contributed by atoms with E-state index in [2.05, 4.69) is 33.9 Å². The molecule has 0 saturated carbocycles. The Labute approximate surface area is 172 Å². The quantitative estimate of drug-likeness (QED) is 0.327. The summed E-state index contributed by atoms with van der Waals surface area (Å²) in [5.41, 5.74) is 3.66. The summed E-state index contributed by atoms with van der Waals surface area (Å²) < 4.78 is 5.99.